The molecule has 2 aromatic carbocycles. The lowest BCUT2D eigenvalue weighted by atomic mass is 10.1. The number of halogens is 1. The SMILES string of the molecule is N#Cc1ccc(-n2cnnc2-c2c(-c3ccc(Cl)cc3)nn3ncccc23)cc1. The van der Waals surface area contributed by atoms with Gasteiger partial charge in [-0.3, -0.25) is 4.57 Å². The molecule has 3 aromatic heterocycles. The molecule has 5 rings (SSSR count). The molecule has 138 valence electrons. The summed E-state index contributed by atoms with van der Waals surface area (Å²) in [6, 6.07) is 20.6. The standard InChI is InChI=1S/C21H12ClN7/c22-16-7-5-15(6-8-16)20-19(18-2-1-11-25-29(18)27-20)21-26-24-13-28(21)17-9-3-14(12-23)4-10-17/h1-11,13H. The topological polar surface area (TPSA) is 84.7 Å². The van der Waals surface area contributed by atoms with Crippen LogP contribution in [-0.4, -0.2) is 29.6 Å². The monoisotopic (exact) mass is 397 g/mol. The molecule has 0 radical (unpaired) electrons. The Kier molecular flexibility index (Phi) is 4.04. The Morgan fingerprint density at radius 1 is 0.966 bits per heavy atom. The smallest absolute Gasteiger partial charge is 0.172 e. The molecule has 29 heavy (non-hydrogen) atoms. The molecule has 0 spiro atoms. The maximum absolute atomic E-state index is 9.06. The number of hydrogen-bond acceptors (Lipinski definition) is 5. The van der Waals surface area contributed by atoms with Crippen LogP contribution in [0.4, 0.5) is 0 Å². The van der Waals surface area contributed by atoms with Gasteiger partial charge in [0.2, 0.25) is 0 Å². The molecule has 0 N–H and O–H groups in total. The Morgan fingerprint density at radius 2 is 1.76 bits per heavy atom. The normalized spacial score (nSPS) is 10.9. The molecule has 0 aliphatic rings. The summed E-state index contributed by atoms with van der Waals surface area (Å²) in [4.78, 5) is 0. The third-order valence-corrected chi connectivity index (χ3v) is 4.83. The number of rotatable bonds is 3. The highest BCUT2D eigenvalue weighted by atomic mass is 35.5. The number of nitriles is 1. The third-order valence-electron chi connectivity index (χ3n) is 4.58. The quantitative estimate of drug-likeness (QED) is 0.456. The first-order valence-corrected chi connectivity index (χ1v) is 9.13. The molecule has 0 saturated carbocycles. The van der Waals surface area contributed by atoms with Crippen molar-refractivity contribution < 1.29 is 0 Å². The third kappa shape index (κ3) is 2.92. The fourth-order valence-corrected chi connectivity index (χ4v) is 3.34. The summed E-state index contributed by atoms with van der Waals surface area (Å²) in [7, 11) is 0. The minimum atomic E-state index is 0.588. The highest BCUT2D eigenvalue weighted by molar-refractivity contribution is 6.30. The van der Waals surface area contributed by atoms with E-state index in [2.05, 4.69) is 26.5 Å². The van der Waals surface area contributed by atoms with Crippen molar-refractivity contribution in [2.75, 3.05) is 0 Å². The molecule has 8 heteroatoms. The summed E-state index contributed by atoms with van der Waals surface area (Å²) >= 11 is 6.06. The molecule has 0 fully saturated rings. The van der Waals surface area contributed by atoms with Crippen LogP contribution in [0.2, 0.25) is 5.02 Å². The molecule has 5 aromatic rings. The van der Waals surface area contributed by atoms with Crippen molar-refractivity contribution in [1.29, 1.82) is 5.26 Å². The van der Waals surface area contributed by atoms with E-state index < -0.39 is 0 Å². The van der Waals surface area contributed by atoms with Gasteiger partial charge in [0.25, 0.3) is 0 Å². The maximum Gasteiger partial charge on any atom is 0.172 e. The lowest BCUT2D eigenvalue weighted by Gasteiger charge is -2.08. The first-order valence-electron chi connectivity index (χ1n) is 8.75. The lowest BCUT2D eigenvalue weighted by Crippen LogP contribution is -1.97. The summed E-state index contributed by atoms with van der Waals surface area (Å²) in [6.07, 6.45) is 3.32. The summed E-state index contributed by atoms with van der Waals surface area (Å²) in [5.41, 5.74) is 4.66. The van der Waals surface area contributed by atoms with Gasteiger partial charge in [0, 0.05) is 22.5 Å². The Labute approximate surface area is 170 Å². The molecule has 0 unspecified atom stereocenters. The number of benzene rings is 2. The van der Waals surface area contributed by atoms with Crippen LogP contribution < -0.4 is 0 Å². The number of hydrogen-bond donors (Lipinski definition) is 0. The number of aromatic nitrogens is 6. The molecule has 0 bridgehead atoms. The zero-order valence-electron chi connectivity index (χ0n) is 14.9. The molecular weight excluding hydrogens is 386 g/mol. The second kappa shape index (κ2) is 6.86. The van der Waals surface area contributed by atoms with Gasteiger partial charge in [-0.1, -0.05) is 23.7 Å². The highest BCUT2D eigenvalue weighted by Crippen LogP contribution is 2.35. The molecule has 0 amide bonds. The lowest BCUT2D eigenvalue weighted by molar-refractivity contribution is 0.803. The van der Waals surface area contributed by atoms with E-state index in [1.54, 1.807) is 29.3 Å². The Balaban J connectivity index is 1.76. The van der Waals surface area contributed by atoms with Crippen LogP contribution in [0.1, 0.15) is 5.56 Å². The highest BCUT2D eigenvalue weighted by Gasteiger charge is 2.22. The van der Waals surface area contributed by atoms with Crippen LogP contribution in [0.15, 0.2) is 73.2 Å². The van der Waals surface area contributed by atoms with Crippen molar-refractivity contribution in [1.82, 2.24) is 29.6 Å². The van der Waals surface area contributed by atoms with Gasteiger partial charge in [-0.2, -0.15) is 15.0 Å². The molecule has 0 atom stereocenters. The minimum absolute atomic E-state index is 0.588. The first kappa shape index (κ1) is 17.1. The van der Waals surface area contributed by atoms with Gasteiger partial charge in [0.15, 0.2) is 5.82 Å². The Hall–Kier alpha value is -4.02. The van der Waals surface area contributed by atoms with Crippen LogP contribution >= 0.6 is 11.6 Å². The van der Waals surface area contributed by atoms with Crippen molar-refractivity contribution in [2.45, 2.75) is 0 Å². The van der Waals surface area contributed by atoms with Crippen LogP contribution in [0.25, 0.3) is 33.8 Å². The zero-order chi connectivity index (χ0) is 19.8. The molecular formula is C21H12ClN7. The van der Waals surface area contributed by atoms with Gasteiger partial charge >= 0.3 is 0 Å². The summed E-state index contributed by atoms with van der Waals surface area (Å²) in [6.45, 7) is 0. The fraction of sp³-hybridized carbons (Fsp3) is 0. The van der Waals surface area contributed by atoms with Crippen LogP contribution in [0.5, 0.6) is 0 Å². The van der Waals surface area contributed by atoms with E-state index in [1.807, 2.05) is 53.1 Å². The van der Waals surface area contributed by atoms with E-state index in [9.17, 15) is 0 Å². The largest absolute Gasteiger partial charge is 0.281 e. The van der Waals surface area contributed by atoms with Crippen molar-refractivity contribution >= 4 is 17.1 Å². The van der Waals surface area contributed by atoms with Crippen LogP contribution in [0.3, 0.4) is 0 Å². The first-order chi connectivity index (χ1) is 14.2. The average molecular weight is 398 g/mol. The van der Waals surface area contributed by atoms with Gasteiger partial charge in [0.05, 0.1) is 22.7 Å². The van der Waals surface area contributed by atoms with E-state index in [1.165, 1.54) is 0 Å². The Morgan fingerprint density at radius 3 is 2.52 bits per heavy atom. The minimum Gasteiger partial charge on any atom is -0.281 e. The van der Waals surface area contributed by atoms with E-state index in [4.69, 9.17) is 16.9 Å². The zero-order valence-corrected chi connectivity index (χ0v) is 15.7. The number of nitrogens with zero attached hydrogens (tertiary/aromatic N) is 7. The van der Waals surface area contributed by atoms with Crippen molar-refractivity contribution in [3.05, 3.63) is 83.8 Å². The van der Waals surface area contributed by atoms with E-state index in [0.717, 1.165) is 28.0 Å². The van der Waals surface area contributed by atoms with E-state index in [-0.39, 0.29) is 0 Å². The summed E-state index contributed by atoms with van der Waals surface area (Å²) in [5.74, 6) is 0.627. The molecule has 0 aliphatic carbocycles. The second-order valence-electron chi connectivity index (χ2n) is 6.31. The predicted octanol–water partition coefficient (Wildman–Crippen LogP) is 4.17. The fourth-order valence-electron chi connectivity index (χ4n) is 3.22. The molecule has 0 saturated heterocycles. The maximum atomic E-state index is 9.06. The van der Waals surface area contributed by atoms with Gasteiger partial charge < -0.3 is 0 Å². The van der Waals surface area contributed by atoms with Crippen molar-refractivity contribution in [2.24, 2.45) is 0 Å². The molecule has 7 nitrogen and oxygen atoms in total. The average Bonchev–Trinajstić information content (AvgIpc) is 3.38. The molecule has 0 aliphatic heterocycles. The molecule has 3 heterocycles. The second-order valence-corrected chi connectivity index (χ2v) is 6.75. The summed E-state index contributed by atoms with van der Waals surface area (Å²) in [5, 5.41) is 27.2. The van der Waals surface area contributed by atoms with Crippen molar-refractivity contribution in [3.8, 4) is 34.4 Å². The van der Waals surface area contributed by atoms with Gasteiger partial charge in [0.1, 0.15) is 12.0 Å². The van der Waals surface area contributed by atoms with Crippen LogP contribution in [0, 0.1) is 11.3 Å². The van der Waals surface area contributed by atoms with Crippen molar-refractivity contribution in [3.63, 3.8) is 0 Å². The number of fused-ring (bicyclic) bond motifs is 1. The Bertz CT molecular complexity index is 1360. The summed E-state index contributed by atoms with van der Waals surface area (Å²) < 4.78 is 3.45. The van der Waals surface area contributed by atoms with Gasteiger partial charge in [-0.25, -0.2) is 0 Å². The van der Waals surface area contributed by atoms with Gasteiger partial charge in [-0.05, 0) is 48.5 Å². The van der Waals surface area contributed by atoms with Crippen LogP contribution in [-0.2, 0) is 0 Å². The van der Waals surface area contributed by atoms with E-state index >= 15 is 0 Å². The van der Waals surface area contributed by atoms with Gasteiger partial charge in [-0.15, -0.1) is 15.3 Å². The predicted molar refractivity (Wildman–Crippen MR) is 109 cm³/mol. The van der Waals surface area contributed by atoms with E-state index in [0.29, 0.717) is 16.4 Å².